The molecule has 0 aromatic heterocycles. The second-order valence-electron chi connectivity index (χ2n) is 25.0. The highest BCUT2D eigenvalue weighted by molar-refractivity contribution is 5.76. The number of nitrogens with one attached hydrogen (secondary N) is 1. The van der Waals surface area contributed by atoms with Crippen molar-refractivity contribution in [2.75, 3.05) is 26.4 Å². The molecule has 17 atom stereocenters. The van der Waals surface area contributed by atoms with Crippen LogP contribution in [0.4, 0.5) is 0 Å². The zero-order valence-corrected chi connectivity index (χ0v) is 54.6. The first kappa shape index (κ1) is 80.7. The molecule has 3 heterocycles. The molecule has 17 unspecified atom stereocenters. The Morgan fingerprint density at radius 1 is 0.416 bits per heavy atom. The topological polar surface area (TPSA) is 307 Å². The van der Waals surface area contributed by atoms with Crippen LogP contribution in [0.15, 0.2) is 60.8 Å². The van der Waals surface area contributed by atoms with Gasteiger partial charge >= 0.3 is 0 Å². The summed E-state index contributed by atoms with van der Waals surface area (Å²) in [5, 5.41) is 120. The van der Waals surface area contributed by atoms with Crippen molar-refractivity contribution in [2.24, 2.45) is 0 Å². The molecule has 89 heavy (non-hydrogen) atoms. The van der Waals surface area contributed by atoms with Crippen LogP contribution in [0, 0.1) is 0 Å². The highest BCUT2D eigenvalue weighted by Crippen LogP contribution is 2.33. The average molecular weight is 1270 g/mol. The Bertz CT molecular complexity index is 1850. The van der Waals surface area contributed by atoms with Crippen molar-refractivity contribution in [3.8, 4) is 0 Å². The molecule has 19 nitrogen and oxygen atoms in total. The van der Waals surface area contributed by atoms with Crippen molar-refractivity contribution in [2.45, 2.75) is 349 Å². The summed E-state index contributed by atoms with van der Waals surface area (Å²) in [6, 6.07) is -0.969. The lowest BCUT2D eigenvalue weighted by Gasteiger charge is -2.48. The van der Waals surface area contributed by atoms with Gasteiger partial charge < -0.3 is 89.9 Å². The first-order chi connectivity index (χ1) is 43.3. The fourth-order valence-electron chi connectivity index (χ4n) is 11.7. The predicted octanol–water partition coefficient (Wildman–Crippen LogP) is 9.16. The number of unbranched alkanes of at least 4 members (excludes halogenated alkanes) is 29. The number of ether oxygens (including phenoxy) is 6. The van der Waals surface area contributed by atoms with Crippen LogP contribution >= 0.6 is 0 Å². The van der Waals surface area contributed by atoms with Crippen LogP contribution in [-0.2, 0) is 33.2 Å². The number of hydrogen-bond donors (Lipinski definition) is 12. The molecular weight excluding hydrogens is 1140 g/mol. The van der Waals surface area contributed by atoms with E-state index in [1.54, 1.807) is 6.08 Å². The number of amides is 1. The summed E-state index contributed by atoms with van der Waals surface area (Å²) in [5.74, 6) is -0.278. The Labute approximate surface area is 535 Å². The third-order valence-corrected chi connectivity index (χ3v) is 17.3. The Hall–Kier alpha value is -2.51. The molecule has 3 fully saturated rings. The van der Waals surface area contributed by atoms with Crippen LogP contribution in [0.3, 0.4) is 0 Å². The molecule has 518 valence electrons. The highest BCUT2D eigenvalue weighted by atomic mass is 16.8. The monoisotopic (exact) mass is 1270 g/mol. The normalized spacial score (nSPS) is 28.6. The standard InChI is InChI=1S/C70H125NO18/c1-3-5-7-9-11-12-13-14-15-16-17-18-19-20-21-22-23-24-25-26-27-28-29-30-31-32-33-34-35-36-37-38-39-40-42-44-46-48-58(76)71-53(54(75)47-45-43-41-10-8-6-4-2)52-84-68-64(82)61(79)66(56(50-73)86-68)89-70-65(83)62(80)67(57(51-74)87-70)88-69-63(81)60(78)59(77)55(49-72)85-69/h5,7,11-12,14-15,17-18,45,47,53-57,59-70,72-75,77-83H,3-4,6,8-10,13,16,19-44,46,48-52H2,1-2H3,(H,71,76)/b7-5-,12-11-,15-14-,18-17-,47-45+. The zero-order chi connectivity index (χ0) is 64.7. The molecule has 0 aromatic rings. The van der Waals surface area contributed by atoms with Crippen molar-refractivity contribution >= 4 is 5.91 Å². The quantitative estimate of drug-likeness (QED) is 0.0199. The number of rotatable bonds is 53. The number of carbonyl (C=O) groups is 1. The first-order valence-electron chi connectivity index (χ1n) is 35.0. The predicted molar refractivity (Wildman–Crippen MR) is 346 cm³/mol. The van der Waals surface area contributed by atoms with Gasteiger partial charge in [0.05, 0.1) is 38.6 Å². The van der Waals surface area contributed by atoms with E-state index in [4.69, 9.17) is 28.4 Å². The first-order valence-corrected chi connectivity index (χ1v) is 35.0. The maximum Gasteiger partial charge on any atom is 0.220 e. The largest absolute Gasteiger partial charge is 0.394 e. The number of aliphatic hydroxyl groups excluding tert-OH is 11. The Kier molecular flexibility index (Phi) is 47.0. The third-order valence-electron chi connectivity index (χ3n) is 17.3. The number of hydrogen-bond acceptors (Lipinski definition) is 18. The van der Waals surface area contributed by atoms with E-state index in [9.17, 15) is 61.0 Å². The molecule has 3 aliphatic heterocycles. The fourth-order valence-corrected chi connectivity index (χ4v) is 11.7. The number of carbonyl (C=O) groups excluding carboxylic acids is 1. The molecule has 12 N–H and O–H groups in total. The van der Waals surface area contributed by atoms with Crippen molar-refractivity contribution in [3.05, 3.63) is 60.8 Å². The van der Waals surface area contributed by atoms with E-state index in [1.165, 1.54) is 135 Å². The number of aliphatic hydroxyl groups is 11. The molecule has 0 saturated carbocycles. The van der Waals surface area contributed by atoms with Crippen LogP contribution in [0.5, 0.6) is 0 Å². The molecule has 0 aliphatic carbocycles. The minimum atomic E-state index is -1.98. The van der Waals surface area contributed by atoms with Gasteiger partial charge in [-0.3, -0.25) is 4.79 Å². The molecule has 0 bridgehead atoms. The lowest BCUT2D eigenvalue weighted by molar-refractivity contribution is -0.379. The van der Waals surface area contributed by atoms with Gasteiger partial charge in [0.25, 0.3) is 0 Å². The van der Waals surface area contributed by atoms with E-state index in [-0.39, 0.29) is 18.9 Å². The molecule has 3 saturated heterocycles. The average Bonchev–Trinajstić information content (AvgIpc) is 2.14. The van der Waals surface area contributed by atoms with Crippen LogP contribution in [0.25, 0.3) is 0 Å². The Balaban J connectivity index is 1.26. The fraction of sp³-hybridized carbons (Fsp3) is 0.843. The summed E-state index contributed by atoms with van der Waals surface area (Å²) in [6.45, 7) is 1.54. The van der Waals surface area contributed by atoms with Crippen molar-refractivity contribution in [1.82, 2.24) is 5.32 Å². The van der Waals surface area contributed by atoms with E-state index < -0.39 is 124 Å². The van der Waals surface area contributed by atoms with E-state index in [2.05, 4.69) is 67.8 Å². The summed E-state index contributed by atoms with van der Waals surface area (Å²) in [6.07, 6.45) is 37.1. The van der Waals surface area contributed by atoms with Gasteiger partial charge in [0, 0.05) is 6.42 Å². The molecule has 1 amide bonds. The molecule has 0 radical (unpaired) electrons. The van der Waals surface area contributed by atoms with Crippen molar-refractivity contribution < 1.29 is 89.4 Å². The molecule has 0 spiro atoms. The van der Waals surface area contributed by atoms with Gasteiger partial charge in [0.15, 0.2) is 18.9 Å². The second kappa shape index (κ2) is 51.8. The third kappa shape index (κ3) is 33.9. The van der Waals surface area contributed by atoms with Crippen LogP contribution < -0.4 is 5.32 Å². The van der Waals surface area contributed by atoms with Gasteiger partial charge in [0.2, 0.25) is 5.91 Å². The van der Waals surface area contributed by atoms with Crippen molar-refractivity contribution in [3.63, 3.8) is 0 Å². The van der Waals surface area contributed by atoms with Crippen LogP contribution in [0.2, 0.25) is 0 Å². The molecule has 3 aliphatic rings. The van der Waals surface area contributed by atoms with Crippen LogP contribution in [-0.4, -0.2) is 193 Å². The van der Waals surface area contributed by atoms with Gasteiger partial charge in [-0.25, -0.2) is 0 Å². The summed E-state index contributed by atoms with van der Waals surface area (Å²) < 4.78 is 34.2. The molecule has 0 aromatic carbocycles. The van der Waals surface area contributed by atoms with Gasteiger partial charge in [-0.1, -0.05) is 242 Å². The zero-order valence-electron chi connectivity index (χ0n) is 54.6. The SMILES string of the molecule is CC/C=C\C/C=C\C/C=C\C/C=C\CCCCCCCCCCCCCCCCCCCCCCCCCCC(=O)NC(COC1OC(CO)C(OC2OC(CO)C(OC3OC(CO)C(O)C(O)C3O)C(O)C2O)C(O)C1O)C(O)/C=C/CCCCCCC. The van der Waals surface area contributed by atoms with E-state index in [0.717, 1.165) is 83.5 Å². The summed E-state index contributed by atoms with van der Waals surface area (Å²) in [4.78, 5) is 13.3. The lowest BCUT2D eigenvalue weighted by atomic mass is 9.96. The van der Waals surface area contributed by atoms with E-state index in [1.807, 2.05) is 6.08 Å². The van der Waals surface area contributed by atoms with Crippen LogP contribution in [0.1, 0.15) is 245 Å². The lowest BCUT2D eigenvalue weighted by Crippen LogP contribution is -2.66. The van der Waals surface area contributed by atoms with Gasteiger partial charge in [-0.05, 0) is 57.8 Å². The molecule has 19 heteroatoms. The Morgan fingerprint density at radius 2 is 0.775 bits per heavy atom. The maximum atomic E-state index is 13.3. The summed E-state index contributed by atoms with van der Waals surface area (Å²) >= 11 is 0. The second-order valence-corrected chi connectivity index (χ2v) is 25.0. The van der Waals surface area contributed by atoms with Gasteiger partial charge in [-0.2, -0.15) is 0 Å². The number of allylic oxidation sites excluding steroid dienone is 9. The summed E-state index contributed by atoms with van der Waals surface area (Å²) in [5.41, 5.74) is 0. The molecule has 3 rings (SSSR count). The smallest absolute Gasteiger partial charge is 0.220 e. The van der Waals surface area contributed by atoms with Gasteiger partial charge in [0.1, 0.15) is 73.2 Å². The van der Waals surface area contributed by atoms with Gasteiger partial charge in [-0.15, -0.1) is 0 Å². The highest BCUT2D eigenvalue weighted by Gasteiger charge is 2.53. The maximum absolute atomic E-state index is 13.3. The minimum Gasteiger partial charge on any atom is -0.394 e. The summed E-state index contributed by atoms with van der Waals surface area (Å²) in [7, 11) is 0. The van der Waals surface area contributed by atoms with E-state index >= 15 is 0 Å². The minimum absolute atomic E-state index is 0.244. The Morgan fingerprint density at radius 3 is 1.21 bits per heavy atom. The van der Waals surface area contributed by atoms with E-state index in [0.29, 0.717) is 6.42 Å². The molecular formula is C70H125NO18. The van der Waals surface area contributed by atoms with Crippen molar-refractivity contribution in [1.29, 1.82) is 0 Å².